The van der Waals surface area contributed by atoms with Crippen molar-refractivity contribution in [1.29, 1.82) is 0 Å². The molecule has 0 unspecified atom stereocenters. The summed E-state index contributed by atoms with van der Waals surface area (Å²) in [5, 5.41) is 14.8. The average molecular weight is 357 g/mol. The molecule has 128 valence electrons. The molecule has 0 spiro atoms. The molecule has 25 heavy (non-hydrogen) atoms. The number of ether oxygens (including phenoxy) is 1. The van der Waals surface area contributed by atoms with Crippen molar-refractivity contribution in [2.75, 3.05) is 36.5 Å². The van der Waals surface area contributed by atoms with Gasteiger partial charge in [-0.2, -0.15) is 0 Å². The third-order valence-corrected chi connectivity index (χ3v) is 4.97. The maximum Gasteiger partial charge on any atom is 0.287 e. The number of hydrogen-bond acceptors (Lipinski definition) is 8. The zero-order chi connectivity index (χ0) is 17.2. The number of benzene rings is 1. The Morgan fingerprint density at radius 3 is 2.80 bits per heavy atom. The number of anilines is 3. The predicted octanol–water partition coefficient (Wildman–Crippen LogP) is 3.18. The fourth-order valence-corrected chi connectivity index (χ4v) is 3.65. The highest BCUT2D eigenvalue weighted by Crippen LogP contribution is 2.31. The maximum absolute atomic E-state index is 10.7. The number of rotatable bonds is 4. The van der Waals surface area contributed by atoms with E-state index in [1.165, 1.54) is 12.3 Å². The summed E-state index contributed by atoms with van der Waals surface area (Å²) in [6.45, 7) is 3.18. The van der Waals surface area contributed by atoms with E-state index in [0.717, 1.165) is 47.3 Å². The van der Waals surface area contributed by atoms with Gasteiger partial charge in [0, 0.05) is 24.8 Å². The second-order valence-corrected chi connectivity index (χ2v) is 6.57. The Hall–Kier alpha value is -2.78. The van der Waals surface area contributed by atoms with Gasteiger partial charge in [0.05, 0.1) is 28.4 Å². The lowest BCUT2D eigenvalue weighted by Crippen LogP contribution is -2.36. The first kappa shape index (κ1) is 15.7. The van der Waals surface area contributed by atoms with Gasteiger partial charge < -0.3 is 15.0 Å². The third-order valence-electron chi connectivity index (χ3n) is 3.89. The minimum Gasteiger partial charge on any atom is -0.378 e. The number of nitrogens with one attached hydrogen (secondary N) is 1. The molecular weight excluding hydrogens is 342 g/mol. The van der Waals surface area contributed by atoms with Crippen molar-refractivity contribution in [3.05, 3.63) is 46.6 Å². The molecule has 2 aromatic heterocycles. The fourth-order valence-electron chi connectivity index (χ4n) is 2.60. The minimum atomic E-state index is -0.465. The van der Waals surface area contributed by atoms with Gasteiger partial charge in [-0.25, -0.2) is 9.97 Å². The summed E-state index contributed by atoms with van der Waals surface area (Å²) < 4.78 is 6.46. The van der Waals surface area contributed by atoms with E-state index >= 15 is 0 Å². The molecule has 3 heterocycles. The molecule has 0 saturated carbocycles. The molecule has 0 bridgehead atoms. The number of morpholine rings is 1. The van der Waals surface area contributed by atoms with Gasteiger partial charge in [-0.05, 0) is 24.3 Å². The van der Waals surface area contributed by atoms with Gasteiger partial charge in [0.15, 0.2) is 5.13 Å². The van der Waals surface area contributed by atoms with Gasteiger partial charge in [0.25, 0.3) is 5.69 Å². The molecule has 3 aromatic rings. The highest BCUT2D eigenvalue weighted by atomic mass is 32.1. The second kappa shape index (κ2) is 6.61. The van der Waals surface area contributed by atoms with Gasteiger partial charge in [-0.1, -0.05) is 11.3 Å². The Bertz CT molecular complexity index is 906. The van der Waals surface area contributed by atoms with Crippen molar-refractivity contribution in [2.24, 2.45) is 0 Å². The summed E-state index contributed by atoms with van der Waals surface area (Å²) >= 11 is 1.64. The lowest BCUT2D eigenvalue weighted by Gasteiger charge is -2.25. The van der Waals surface area contributed by atoms with Crippen LogP contribution in [0.1, 0.15) is 0 Å². The van der Waals surface area contributed by atoms with Crippen LogP contribution in [0.2, 0.25) is 0 Å². The molecule has 8 nitrogen and oxygen atoms in total. The minimum absolute atomic E-state index is 0.0291. The first-order chi connectivity index (χ1) is 12.2. The van der Waals surface area contributed by atoms with E-state index in [1.807, 2.05) is 18.2 Å². The number of thiazole rings is 1. The molecule has 9 heteroatoms. The number of nitrogens with zero attached hydrogens (tertiary/aromatic N) is 4. The second-order valence-electron chi connectivity index (χ2n) is 5.56. The number of nitro groups is 1. The van der Waals surface area contributed by atoms with E-state index in [9.17, 15) is 10.1 Å². The van der Waals surface area contributed by atoms with Crippen molar-refractivity contribution in [2.45, 2.75) is 0 Å². The van der Waals surface area contributed by atoms with Crippen LogP contribution in [-0.4, -0.2) is 41.2 Å². The van der Waals surface area contributed by atoms with Gasteiger partial charge in [-0.3, -0.25) is 10.1 Å². The molecule has 1 aliphatic heterocycles. The molecule has 0 atom stereocenters. The molecular formula is C16H15N5O3S. The van der Waals surface area contributed by atoms with Crippen LogP contribution < -0.4 is 10.2 Å². The van der Waals surface area contributed by atoms with Gasteiger partial charge in [0.2, 0.25) is 0 Å². The van der Waals surface area contributed by atoms with E-state index in [4.69, 9.17) is 4.74 Å². The van der Waals surface area contributed by atoms with Crippen LogP contribution in [0, 0.1) is 10.1 Å². The number of fused-ring (bicyclic) bond motifs is 1. The van der Waals surface area contributed by atoms with Gasteiger partial charge in [0.1, 0.15) is 12.0 Å². The summed E-state index contributed by atoms with van der Waals surface area (Å²) in [5.74, 6) is 0.558. The van der Waals surface area contributed by atoms with Crippen LogP contribution >= 0.6 is 11.3 Å². The highest BCUT2D eigenvalue weighted by Gasteiger charge is 2.15. The lowest BCUT2D eigenvalue weighted by molar-refractivity contribution is -0.385. The van der Waals surface area contributed by atoms with Crippen LogP contribution in [0.5, 0.6) is 0 Å². The molecule has 0 aliphatic carbocycles. The summed E-state index contributed by atoms with van der Waals surface area (Å²) in [7, 11) is 0. The quantitative estimate of drug-likeness (QED) is 0.566. The van der Waals surface area contributed by atoms with Gasteiger partial charge in [-0.15, -0.1) is 0 Å². The summed E-state index contributed by atoms with van der Waals surface area (Å²) in [6, 6.07) is 8.92. The zero-order valence-electron chi connectivity index (χ0n) is 13.2. The normalized spacial score (nSPS) is 14.6. The van der Waals surface area contributed by atoms with Crippen molar-refractivity contribution >= 4 is 43.9 Å². The van der Waals surface area contributed by atoms with Crippen LogP contribution in [0.25, 0.3) is 10.2 Å². The summed E-state index contributed by atoms with van der Waals surface area (Å²) in [5.41, 5.74) is 1.79. The van der Waals surface area contributed by atoms with Crippen molar-refractivity contribution in [3.63, 3.8) is 0 Å². The molecule has 1 N–H and O–H groups in total. The molecule has 0 radical (unpaired) electrons. The molecule has 1 aromatic carbocycles. The zero-order valence-corrected chi connectivity index (χ0v) is 14.0. The molecule has 0 amide bonds. The Morgan fingerprint density at radius 1 is 1.24 bits per heavy atom. The average Bonchev–Trinajstić information content (AvgIpc) is 3.06. The van der Waals surface area contributed by atoms with Crippen LogP contribution in [0.3, 0.4) is 0 Å². The topological polar surface area (TPSA) is 93.4 Å². The standard InChI is InChI=1S/C16H15N5O3S/c22-21(23)12-2-4-15(17-10-12)18-11-1-3-13-14(9-11)25-16(19-13)20-5-7-24-8-6-20/h1-4,9-10H,5-8H2,(H,17,18). The SMILES string of the molecule is O=[N+]([O-])c1ccc(Nc2ccc3nc(N4CCOCC4)sc3c2)nc1. The maximum atomic E-state index is 10.7. The Morgan fingerprint density at radius 2 is 2.08 bits per heavy atom. The van der Waals surface area contributed by atoms with Crippen LogP contribution in [0.15, 0.2) is 36.5 Å². The Labute approximate surface area is 147 Å². The first-order valence-electron chi connectivity index (χ1n) is 7.80. The fraction of sp³-hybridized carbons (Fsp3) is 0.250. The van der Waals surface area contributed by atoms with Gasteiger partial charge >= 0.3 is 0 Å². The van der Waals surface area contributed by atoms with Crippen LogP contribution in [-0.2, 0) is 4.74 Å². The molecule has 4 rings (SSSR count). The number of hydrogen-bond donors (Lipinski definition) is 1. The summed E-state index contributed by atoms with van der Waals surface area (Å²) in [4.78, 5) is 21.2. The van der Waals surface area contributed by atoms with E-state index in [2.05, 4.69) is 20.2 Å². The number of pyridine rings is 1. The van der Waals surface area contributed by atoms with E-state index in [0.29, 0.717) is 5.82 Å². The third kappa shape index (κ3) is 3.37. The summed E-state index contributed by atoms with van der Waals surface area (Å²) in [6.07, 6.45) is 1.24. The van der Waals surface area contributed by atoms with E-state index in [1.54, 1.807) is 17.4 Å². The molecule has 1 fully saturated rings. The monoisotopic (exact) mass is 357 g/mol. The van der Waals surface area contributed by atoms with Crippen LogP contribution in [0.4, 0.5) is 22.3 Å². The molecule has 1 saturated heterocycles. The Kier molecular flexibility index (Phi) is 4.16. The van der Waals surface area contributed by atoms with E-state index < -0.39 is 4.92 Å². The first-order valence-corrected chi connectivity index (χ1v) is 8.61. The van der Waals surface area contributed by atoms with Crippen molar-refractivity contribution in [3.8, 4) is 0 Å². The smallest absolute Gasteiger partial charge is 0.287 e. The largest absolute Gasteiger partial charge is 0.378 e. The van der Waals surface area contributed by atoms with E-state index in [-0.39, 0.29) is 5.69 Å². The van der Waals surface area contributed by atoms with Crippen molar-refractivity contribution < 1.29 is 9.66 Å². The lowest BCUT2D eigenvalue weighted by atomic mass is 10.3. The molecule has 1 aliphatic rings. The predicted molar refractivity (Wildman–Crippen MR) is 96.8 cm³/mol. The highest BCUT2D eigenvalue weighted by molar-refractivity contribution is 7.22. The number of aromatic nitrogens is 2. The Balaban J connectivity index is 1.55. The van der Waals surface area contributed by atoms with Crippen molar-refractivity contribution in [1.82, 2.24) is 9.97 Å².